The monoisotopic (exact) mass is 214 g/mol. The van der Waals surface area contributed by atoms with E-state index in [-0.39, 0.29) is 0 Å². The van der Waals surface area contributed by atoms with Crippen molar-refractivity contribution in [2.45, 2.75) is 6.92 Å². The van der Waals surface area contributed by atoms with Gasteiger partial charge in [0, 0.05) is 25.7 Å². The number of hydrogen-bond donors (Lipinski definition) is 0. The van der Waals surface area contributed by atoms with Crippen LogP contribution in [0.2, 0.25) is 0 Å². The summed E-state index contributed by atoms with van der Waals surface area (Å²) in [4.78, 5) is 6.24. The molecule has 0 aliphatic carbocycles. The predicted octanol–water partition coefficient (Wildman–Crippen LogP) is 2.16. The molecule has 0 spiro atoms. The van der Waals surface area contributed by atoms with Crippen LogP contribution in [0.3, 0.4) is 0 Å². The lowest BCUT2D eigenvalue weighted by atomic mass is 10.4. The van der Waals surface area contributed by atoms with Crippen LogP contribution in [0.15, 0.2) is 18.3 Å². The van der Waals surface area contributed by atoms with Crippen LogP contribution in [-0.2, 0) is 0 Å². The van der Waals surface area contributed by atoms with Crippen LogP contribution in [0.25, 0.3) is 0 Å². The van der Waals surface area contributed by atoms with Crippen molar-refractivity contribution in [2.75, 3.05) is 31.0 Å². The lowest BCUT2D eigenvalue weighted by Gasteiger charge is -2.19. The Morgan fingerprint density at radius 3 is 3.00 bits per heavy atom. The Kier molecular flexibility index (Phi) is 4.53. The van der Waals surface area contributed by atoms with E-state index in [9.17, 15) is 0 Å². The number of nitrogens with zero attached hydrogens (tertiary/aromatic N) is 2. The standard InChI is InChI=1S/C10H15ClN2O/c1-3-14-9-5-4-7-12-10(9)13(2)8-6-11/h4-5,7H,3,6,8H2,1-2H3. The van der Waals surface area contributed by atoms with E-state index in [2.05, 4.69) is 4.98 Å². The Morgan fingerprint density at radius 2 is 2.36 bits per heavy atom. The SMILES string of the molecule is CCOc1cccnc1N(C)CCCl. The average Bonchev–Trinajstić information content (AvgIpc) is 2.19. The average molecular weight is 215 g/mol. The molecular weight excluding hydrogens is 200 g/mol. The van der Waals surface area contributed by atoms with Gasteiger partial charge in [-0.1, -0.05) is 0 Å². The fraction of sp³-hybridized carbons (Fsp3) is 0.500. The number of alkyl halides is 1. The number of rotatable bonds is 5. The zero-order chi connectivity index (χ0) is 10.4. The maximum atomic E-state index is 5.67. The minimum atomic E-state index is 0.582. The van der Waals surface area contributed by atoms with Gasteiger partial charge in [0.05, 0.1) is 6.61 Å². The molecule has 1 rings (SSSR count). The molecular formula is C10H15ClN2O. The van der Waals surface area contributed by atoms with Crippen molar-refractivity contribution in [1.82, 2.24) is 4.98 Å². The van der Waals surface area contributed by atoms with E-state index in [0.29, 0.717) is 12.5 Å². The van der Waals surface area contributed by atoms with Crippen LogP contribution in [-0.4, -0.2) is 31.1 Å². The molecule has 4 heteroatoms. The molecule has 0 saturated carbocycles. The van der Waals surface area contributed by atoms with Crippen LogP contribution in [0.5, 0.6) is 5.75 Å². The van der Waals surface area contributed by atoms with Gasteiger partial charge in [-0.2, -0.15) is 0 Å². The van der Waals surface area contributed by atoms with Crippen molar-refractivity contribution < 1.29 is 4.74 Å². The first kappa shape index (κ1) is 11.1. The summed E-state index contributed by atoms with van der Waals surface area (Å²) in [6.07, 6.45) is 1.75. The lowest BCUT2D eigenvalue weighted by Crippen LogP contribution is -2.21. The molecule has 14 heavy (non-hydrogen) atoms. The third kappa shape index (κ3) is 2.77. The molecule has 0 radical (unpaired) electrons. The van der Waals surface area contributed by atoms with Gasteiger partial charge in [0.25, 0.3) is 0 Å². The molecule has 0 atom stereocenters. The van der Waals surface area contributed by atoms with E-state index in [1.807, 2.05) is 31.0 Å². The Bertz CT molecular complexity index is 281. The predicted molar refractivity (Wildman–Crippen MR) is 59.4 cm³/mol. The van der Waals surface area contributed by atoms with Crippen LogP contribution in [0.4, 0.5) is 5.82 Å². The first-order valence-electron chi connectivity index (χ1n) is 4.64. The molecule has 78 valence electrons. The van der Waals surface area contributed by atoms with Gasteiger partial charge in [-0.3, -0.25) is 0 Å². The van der Waals surface area contributed by atoms with Gasteiger partial charge < -0.3 is 9.64 Å². The number of halogens is 1. The second-order valence-electron chi connectivity index (χ2n) is 2.87. The van der Waals surface area contributed by atoms with Crippen molar-refractivity contribution in [3.05, 3.63) is 18.3 Å². The first-order chi connectivity index (χ1) is 6.79. The van der Waals surface area contributed by atoms with E-state index in [1.54, 1.807) is 6.20 Å². The van der Waals surface area contributed by atoms with Crippen molar-refractivity contribution in [1.29, 1.82) is 0 Å². The van der Waals surface area contributed by atoms with Gasteiger partial charge >= 0.3 is 0 Å². The van der Waals surface area contributed by atoms with Gasteiger partial charge in [-0.15, -0.1) is 11.6 Å². The molecule has 0 amide bonds. The van der Waals surface area contributed by atoms with Crippen molar-refractivity contribution >= 4 is 17.4 Å². The third-order valence-electron chi connectivity index (χ3n) is 1.83. The smallest absolute Gasteiger partial charge is 0.171 e. The molecule has 0 unspecified atom stereocenters. The molecule has 0 bridgehead atoms. The van der Waals surface area contributed by atoms with Gasteiger partial charge in [-0.05, 0) is 19.1 Å². The summed E-state index contributed by atoms with van der Waals surface area (Å²) in [6, 6.07) is 3.78. The van der Waals surface area contributed by atoms with Crippen LogP contribution < -0.4 is 9.64 Å². The minimum Gasteiger partial charge on any atom is -0.490 e. The molecule has 0 saturated heterocycles. The van der Waals surface area contributed by atoms with Crippen molar-refractivity contribution in [3.63, 3.8) is 0 Å². The molecule has 3 nitrogen and oxygen atoms in total. The molecule has 1 aromatic heterocycles. The Hall–Kier alpha value is -0.960. The largest absolute Gasteiger partial charge is 0.490 e. The zero-order valence-electron chi connectivity index (χ0n) is 8.53. The van der Waals surface area contributed by atoms with Crippen molar-refractivity contribution in [3.8, 4) is 5.75 Å². The third-order valence-corrected chi connectivity index (χ3v) is 2.00. The fourth-order valence-electron chi connectivity index (χ4n) is 1.17. The lowest BCUT2D eigenvalue weighted by molar-refractivity contribution is 0.339. The van der Waals surface area contributed by atoms with Crippen molar-refractivity contribution in [2.24, 2.45) is 0 Å². The maximum absolute atomic E-state index is 5.67. The molecule has 0 aliphatic rings. The summed E-state index contributed by atoms with van der Waals surface area (Å²) in [7, 11) is 1.95. The Labute approximate surface area is 89.7 Å². The quantitative estimate of drug-likeness (QED) is 0.703. The summed E-state index contributed by atoms with van der Waals surface area (Å²) in [5, 5.41) is 0. The van der Waals surface area contributed by atoms with Gasteiger partial charge in [0.15, 0.2) is 11.6 Å². The van der Waals surface area contributed by atoms with Crippen LogP contribution >= 0.6 is 11.6 Å². The van der Waals surface area contributed by atoms with E-state index in [4.69, 9.17) is 16.3 Å². The van der Waals surface area contributed by atoms with Gasteiger partial charge in [-0.25, -0.2) is 4.98 Å². The van der Waals surface area contributed by atoms with E-state index in [0.717, 1.165) is 18.1 Å². The second-order valence-corrected chi connectivity index (χ2v) is 3.25. The summed E-state index contributed by atoms with van der Waals surface area (Å²) in [5.41, 5.74) is 0. The summed E-state index contributed by atoms with van der Waals surface area (Å²) >= 11 is 5.67. The van der Waals surface area contributed by atoms with Gasteiger partial charge in [0.1, 0.15) is 0 Å². The molecule has 1 heterocycles. The number of hydrogen-bond acceptors (Lipinski definition) is 3. The first-order valence-corrected chi connectivity index (χ1v) is 5.18. The van der Waals surface area contributed by atoms with Crippen LogP contribution in [0.1, 0.15) is 6.92 Å². The summed E-state index contributed by atoms with van der Waals surface area (Å²) in [5.74, 6) is 2.23. The molecule has 0 fully saturated rings. The maximum Gasteiger partial charge on any atom is 0.171 e. The highest BCUT2D eigenvalue weighted by Gasteiger charge is 2.08. The van der Waals surface area contributed by atoms with Crippen LogP contribution in [0, 0.1) is 0 Å². The number of aromatic nitrogens is 1. The Morgan fingerprint density at radius 1 is 1.57 bits per heavy atom. The number of pyridine rings is 1. The van der Waals surface area contributed by atoms with E-state index < -0.39 is 0 Å². The normalized spacial score (nSPS) is 9.93. The fourth-order valence-corrected chi connectivity index (χ4v) is 1.42. The molecule has 0 aromatic carbocycles. The van der Waals surface area contributed by atoms with E-state index in [1.165, 1.54) is 0 Å². The highest BCUT2D eigenvalue weighted by molar-refractivity contribution is 6.18. The number of ether oxygens (including phenoxy) is 1. The number of anilines is 1. The Balaban J connectivity index is 2.82. The zero-order valence-corrected chi connectivity index (χ0v) is 9.29. The van der Waals surface area contributed by atoms with E-state index >= 15 is 0 Å². The summed E-state index contributed by atoms with van der Waals surface area (Å²) < 4.78 is 5.46. The summed E-state index contributed by atoms with van der Waals surface area (Å²) in [6.45, 7) is 3.37. The molecule has 1 aromatic rings. The minimum absolute atomic E-state index is 0.582. The molecule has 0 aliphatic heterocycles. The highest BCUT2D eigenvalue weighted by Crippen LogP contribution is 2.23. The topological polar surface area (TPSA) is 25.4 Å². The highest BCUT2D eigenvalue weighted by atomic mass is 35.5. The molecule has 0 N–H and O–H groups in total. The second kappa shape index (κ2) is 5.70. The van der Waals surface area contributed by atoms with Gasteiger partial charge in [0.2, 0.25) is 0 Å².